The molecule has 0 unspecified atom stereocenters. The van der Waals surface area contributed by atoms with E-state index >= 15 is 0 Å². The molecular weight excluding hydrogens is 338 g/mol. The van der Waals surface area contributed by atoms with E-state index in [4.69, 9.17) is 11.6 Å². The van der Waals surface area contributed by atoms with Crippen molar-refractivity contribution < 1.29 is 0 Å². The third kappa shape index (κ3) is 2.55. The number of allylic oxidation sites excluding steroid dienone is 2. The molecule has 1 nitrogen and oxygen atoms in total. The predicted molar refractivity (Wildman–Crippen MR) is 110 cm³/mol. The van der Waals surface area contributed by atoms with Crippen LogP contribution in [0.2, 0.25) is 5.02 Å². The van der Waals surface area contributed by atoms with Gasteiger partial charge in [-0.25, -0.2) is 0 Å². The van der Waals surface area contributed by atoms with Crippen LogP contribution in [0.1, 0.15) is 29.5 Å². The maximum Gasteiger partial charge on any atom is 0.0568 e. The summed E-state index contributed by atoms with van der Waals surface area (Å²) in [6.07, 6.45) is 5.79. The summed E-state index contributed by atoms with van der Waals surface area (Å²) >= 11 is 6.52. The molecule has 0 radical (unpaired) electrons. The van der Waals surface area contributed by atoms with E-state index in [-0.39, 0.29) is 6.04 Å². The quantitative estimate of drug-likeness (QED) is 0.495. The summed E-state index contributed by atoms with van der Waals surface area (Å²) in [6, 6.07) is 25.9. The van der Waals surface area contributed by atoms with Crippen LogP contribution < -0.4 is 5.32 Å². The van der Waals surface area contributed by atoms with Crippen LogP contribution in [0.4, 0.5) is 5.69 Å². The topological polar surface area (TPSA) is 12.0 Å². The number of halogens is 1. The van der Waals surface area contributed by atoms with Crippen molar-refractivity contribution in [3.05, 3.63) is 101 Å². The second-order valence-corrected chi connectivity index (χ2v) is 7.57. The van der Waals surface area contributed by atoms with Crippen LogP contribution in [0.25, 0.3) is 11.1 Å². The van der Waals surface area contributed by atoms with E-state index in [1.165, 1.54) is 27.9 Å². The number of benzene rings is 3. The molecule has 128 valence electrons. The first-order valence-electron chi connectivity index (χ1n) is 9.18. The van der Waals surface area contributed by atoms with Gasteiger partial charge in [-0.15, -0.1) is 0 Å². The van der Waals surface area contributed by atoms with E-state index in [1.807, 2.05) is 12.1 Å². The molecule has 26 heavy (non-hydrogen) atoms. The summed E-state index contributed by atoms with van der Waals surface area (Å²) < 4.78 is 0. The maximum atomic E-state index is 6.52. The summed E-state index contributed by atoms with van der Waals surface area (Å²) in [4.78, 5) is 0. The minimum atomic E-state index is 0.249. The van der Waals surface area contributed by atoms with Gasteiger partial charge >= 0.3 is 0 Å². The van der Waals surface area contributed by atoms with Crippen molar-refractivity contribution in [2.45, 2.75) is 18.4 Å². The number of hydrogen-bond donors (Lipinski definition) is 1. The lowest BCUT2D eigenvalue weighted by atomic mass is 9.76. The molecule has 0 amide bonds. The van der Waals surface area contributed by atoms with Crippen LogP contribution in [-0.4, -0.2) is 0 Å². The summed E-state index contributed by atoms with van der Waals surface area (Å²) in [5.74, 6) is 0.949. The Morgan fingerprint density at radius 3 is 2.46 bits per heavy atom. The lowest BCUT2D eigenvalue weighted by molar-refractivity contribution is 0.426. The normalized spacial score (nSPS) is 23.2. The largest absolute Gasteiger partial charge is 0.378 e. The van der Waals surface area contributed by atoms with Gasteiger partial charge in [0.1, 0.15) is 0 Å². The minimum absolute atomic E-state index is 0.249. The van der Waals surface area contributed by atoms with Crippen LogP contribution in [0.3, 0.4) is 0 Å². The average molecular weight is 358 g/mol. The van der Waals surface area contributed by atoms with Gasteiger partial charge < -0.3 is 5.32 Å². The van der Waals surface area contributed by atoms with E-state index in [2.05, 4.69) is 78.1 Å². The van der Waals surface area contributed by atoms with Gasteiger partial charge in [0, 0.05) is 16.6 Å². The van der Waals surface area contributed by atoms with Gasteiger partial charge in [-0.05, 0) is 52.8 Å². The number of anilines is 1. The fourth-order valence-electron chi connectivity index (χ4n) is 4.44. The Hall–Kier alpha value is -2.51. The maximum absolute atomic E-state index is 6.52. The zero-order valence-electron chi connectivity index (χ0n) is 14.4. The Morgan fingerprint density at radius 2 is 1.62 bits per heavy atom. The van der Waals surface area contributed by atoms with Gasteiger partial charge in [0.25, 0.3) is 0 Å². The highest BCUT2D eigenvalue weighted by Crippen LogP contribution is 2.51. The Kier molecular flexibility index (Phi) is 3.83. The molecule has 1 heterocycles. The van der Waals surface area contributed by atoms with Gasteiger partial charge in [0.15, 0.2) is 0 Å². The molecule has 1 aliphatic heterocycles. The number of fused-ring (bicyclic) bond motifs is 3. The molecule has 2 aliphatic rings. The fourth-order valence-corrected chi connectivity index (χ4v) is 4.69. The highest BCUT2D eigenvalue weighted by molar-refractivity contribution is 6.31. The van der Waals surface area contributed by atoms with E-state index in [1.54, 1.807) is 0 Å². The Morgan fingerprint density at radius 1 is 0.808 bits per heavy atom. The first kappa shape index (κ1) is 15.7. The van der Waals surface area contributed by atoms with Gasteiger partial charge in [-0.1, -0.05) is 78.4 Å². The predicted octanol–water partition coefficient (Wildman–Crippen LogP) is 6.83. The average Bonchev–Trinajstić information content (AvgIpc) is 3.18. The van der Waals surface area contributed by atoms with Gasteiger partial charge in [-0.2, -0.15) is 0 Å². The van der Waals surface area contributed by atoms with Crippen LogP contribution in [0.5, 0.6) is 0 Å². The summed E-state index contributed by atoms with van der Waals surface area (Å²) in [5.41, 5.74) is 6.37. The first-order chi connectivity index (χ1) is 12.8. The molecular formula is C24H20ClN. The molecule has 5 rings (SSSR count). The summed E-state index contributed by atoms with van der Waals surface area (Å²) in [5, 5.41) is 4.63. The van der Waals surface area contributed by atoms with Crippen molar-refractivity contribution in [3.8, 4) is 11.1 Å². The Labute approximate surface area is 159 Å². The second kappa shape index (κ2) is 6.34. The van der Waals surface area contributed by atoms with Crippen LogP contribution in [0, 0.1) is 5.92 Å². The highest BCUT2D eigenvalue weighted by atomic mass is 35.5. The molecule has 2 heteroatoms. The molecule has 1 aliphatic carbocycles. The smallest absolute Gasteiger partial charge is 0.0568 e. The Balaban J connectivity index is 1.59. The monoisotopic (exact) mass is 357 g/mol. The third-order valence-electron chi connectivity index (χ3n) is 5.71. The summed E-state index contributed by atoms with van der Waals surface area (Å²) in [7, 11) is 0. The van der Waals surface area contributed by atoms with E-state index < -0.39 is 0 Å². The van der Waals surface area contributed by atoms with E-state index in [0.717, 1.165) is 11.4 Å². The highest BCUT2D eigenvalue weighted by Gasteiger charge is 2.38. The molecule has 0 saturated carbocycles. The molecule has 3 aromatic rings. The zero-order valence-corrected chi connectivity index (χ0v) is 15.2. The standard InChI is InChI=1S/C24H20ClN/c25-22-12-5-4-9-20(22)24-19-11-6-10-18(19)21-15-17(13-14-23(21)26-24)16-7-2-1-3-8-16/h1-10,12-15,18-19,24,26H,11H2/t18-,19-,24+/m0/s1. The van der Waals surface area contributed by atoms with Crippen molar-refractivity contribution in [2.75, 3.05) is 5.32 Å². The van der Waals surface area contributed by atoms with Crippen molar-refractivity contribution in [1.82, 2.24) is 0 Å². The lowest BCUT2D eigenvalue weighted by Gasteiger charge is -2.38. The van der Waals surface area contributed by atoms with Gasteiger partial charge in [-0.3, -0.25) is 0 Å². The molecule has 0 aromatic heterocycles. The van der Waals surface area contributed by atoms with Crippen LogP contribution in [-0.2, 0) is 0 Å². The van der Waals surface area contributed by atoms with Gasteiger partial charge in [0.2, 0.25) is 0 Å². The SMILES string of the molecule is Clc1ccccc1[C@@H]1Nc2ccc(-c3ccccc3)cc2[C@H]2C=CC[C@@H]21. The van der Waals surface area contributed by atoms with E-state index in [9.17, 15) is 0 Å². The molecule has 0 saturated heterocycles. The summed E-state index contributed by atoms with van der Waals surface area (Å²) in [6.45, 7) is 0. The van der Waals surface area contributed by atoms with Crippen molar-refractivity contribution in [2.24, 2.45) is 5.92 Å². The first-order valence-corrected chi connectivity index (χ1v) is 9.56. The van der Waals surface area contributed by atoms with Crippen molar-refractivity contribution in [1.29, 1.82) is 0 Å². The van der Waals surface area contributed by atoms with E-state index in [0.29, 0.717) is 11.8 Å². The molecule has 3 aromatic carbocycles. The lowest BCUT2D eigenvalue weighted by Crippen LogP contribution is -2.29. The number of rotatable bonds is 2. The number of nitrogens with one attached hydrogen (secondary N) is 1. The molecule has 0 bridgehead atoms. The van der Waals surface area contributed by atoms with Gasteiger partial charge in [0.05, 0.1) is 6.04 Å². The molecule has 3 atom stereocenters. The number of hydrogen-bond acceptors (Lipinski definition) is 1. The third-order valence-corrected chi connectivity index (χ3v) is 6.05. The van der Waals surface area contributed by atoms with Crippen molar-refractivity contribution >= 4 is 17.3 Å². The second-order valence-electron chi connectivity index (χ2n) is 7.17. The molecule has 0 fully saturated rings. The van der Waals surface area contributed by atoms with Crippen LogP contribution >= 0.6 is 11.6 Å². The van der Waals surface area contributed by atoms with Crippen molar-refractivity contribution in [3.63, 3.8) is 0 Å². The molecule has 1 N–H and O–H groups in total. The molecule has 0 spiro atoms. The minimum Gasteiger partial charge on any atom is -0.378 e. The Bertz CT molecular complexity index is 977. The van der Waals surface area contributed by atoms with Crippen LogP contribution in [0.15, 0.2) is 84.9 Å². The zero-order chi connectivity index (χ0) is 17.5. The fraction of sp³-hybridized carbons (Fsp3) is 0.167.